The SMILES string of the molecule is Cc1ccc2c(C)cc(N3C[C@@H]4CCOC[C@]4(C(=O)O)C3)nc2c1C. The number of aromatic nitrogens is 1. The van der Waals surface area contributed by atoms with Crippen molar-refractivity contribution >= 4 is 22.7 Å². The van der Waals surface area contributed by atoms with Gasteiger partial charge in [-0.3, -0.25) is 4.79 Å². The van der Waals surface area contributed by atoms with Gasteiger partial charge in [-0.2, -0.15) is 0 Å². The quantitative estimate of drug-likeness (QED) is 0.910. The Morgan fingerprint density at radius 2 is 2.12 bits per heavy atom. The Hall–Kier alpha value is -2.14. The molecule has 1 aromatic heterocycles. The second kappa shape index (κ2) is 5.70. The largest absolute Gasteiger partial charge is 0.481 e. The minimum Gasteiger partial charge on any atom is -0.481 e. The van der Waals surface area contributed by atoms with E-state index in [4.69, 9.17) is 9.72 Å². The molecule has 3 heterocycles. The number of hydrogen-bond donors (Lipinski definition) is 1. The van der Waals surface area contributed by atoms with Gasteiger partial charge in [-0.1, -0.05) is 12.1 Å². The summed E-state index contributed by atoms with van der Waals surface area (Å²) in [7, 11) is 0. The average Bonchev–Trinajstić information content (AvgIpc) is 2.99. The Morgan fingerprint density at radius 1 is 1.32 bits per heavy atom. The topological polar surface area (TPSA) is 62.7 Å². The van der Waals surface area contributed by atoms with Gasteiger partial charge in [-0.15, -0.1) is 0 Å². The van der Waals surface area contributed by atoms with Crippen LogP contribution in [0.15, 0.2) is 18.2 Å². The highest BCUT2D eigenvalue weighted by molar-refractivity contribution is 5.87. The number of carboxylic acids is 1. The van der Waals surface area contributed by atoms with Crippen molar-refractivity contribution in [2.45, 2.75) is 27.2 Å². The predicted octanol–water partition coefficient (Wildman–Crippen LogP) is 3.09. The number of carboxylic acid groups (broad SMARTS) is 1. The molecule has 0 bridgehead atoms. The Bertz CT molecular complexity index is 864. The van der Waals surface area contributed by atoms with Gasteiger partial charge in [0, 0.05) is 25.1 Å². The van der Waals surface area contributed by atoms with Crippen LogP contribution in [-0.4, -0.2) is 42.4 Å². The molecule has 2 aliphatic rings. The van der Waals surface area contributed by atoms with Gasteiger partial charge in [-0.05, 0) is 55.9 Å². The van der Waals surface area contributed by atoms with Crippen molar-refractivity contribution in [3.05, 3.63) is 34.9 Å². The van der Waals surface area contributed by atoms with Crippen LogP contribution in [0.1, 0.15) is 23.1 Å². The number of nitrogens with zero attached hydrogens (tertiary/aromatic N) is 2. The lowest BCUT2D eigenvalue weighted by molar-refractivity contribution is -0.159. The predicted molar refractivity (Wildman–Crippen MR) is 97.2 cm³/mol. The minimum atomic E-state index is -0.801. The number of fused-ring (bicyclic) bond motifs is 2. The number of benzene rings is 1. The van der Waals surface area contributed by atoms with Gasteiger partial charge in [0.05, 0.1) is 12.1 Å². The monoisotopic (exact) mass is 340 g/mol. The highest BCUT2D eigenvalue weighted by atomic mass is 16.5. The van der Waals surface area contributed by atoms with Gasteiger partial charge < -0.3 is 14.7 Å². The first-order valence-electron chi connectivity index (χ1n) is 8.86. The van der Waals surface area contributed by atoms with Crippen molar-refractivity contribution in [1.29, 1.82) is 0 Å². The number of anilines is 1. The molecule has 2 fully saturated rings. The summed E-state index contributed by atoms with van der Waals surface area (Å²) in [6.45, 7) is 8.45. The molecular formula is C20H24N2O3. The van der Waals surface area contributed by atoms with Crippen LogP contribution in [0.2, 0.25) is 0 Å². The number of pyridine rings is 1. The number of ether oxygens (including phenoxy) is 1. The van der Waals surface area contributed by atoms with E-state index in [-0.39, 0.29) is 5.92 Å². The maximum atomic E-state index is 12.0. The fraction of sp³-hybridized carbons (Fsp3) is 0.500. The van der Waals surface area contributed by atoms with Crippen LogP contribution in [0.3, 0.4) is 0 Å². The Balaban J connectivity index is 1.78. The van der Waals surface area contributed by atoms with Crippen LogP contribution in [0.5, 0.6) is 0 Å². The molecule has 0 unspecified atom stereocenters. The Morgan fingerprint density at radius 3 is 2.84 bits per heavy atom. The Kier molecular flexibility index (Phi) is 3.72. The third-order valence-corrected chi connectivity index (χ3v) is 6.11. The number of aliphatic carboxylic acids is 1. The van der Waals surface area contributed by atoms with Gasteiger partial charge in [0.25, 0.3) is 0 Å². The molecule has 25 heavy (non-hydrogen) atoms. The molecule has 4 rings (SSSR count). The molecule has 0 radical (unpaired) electrons. The number of carbonyl (C=O) groups is 1. The fourth-order valence-electron chi connectivity index (χ4n) is 4.31. The van der Waals surface area contributed by atoms with Crippen molar-refractivity contribution in [3.8, 4) is 0 Å². The molecule has 0 saturated carbocycles. The first-order valence-corrected chi connectivity index (χ1v) is 8.86. The van der Waals surface area contributed by atoms with E-state index in [2.05, 4.69) is 43.9 Å². The van der Waals surface area contributed by atoms with Crippen LogP contribution >= 0.6 is 0 Å². The molecule has 1 N–H and O–H groups in total. The lowest BCUT2D eigenvalue weighted by atomic mass is 9.76. The lowest BCUT2D eigenvalue weighted by Gasteiger charge is -2.33. The minimum absolute atomic E-state index is 0.121. The van der Waals surface area contributed by atoms with E-state index in [1.54, 1.807) is 0 Å². The summed E-state index contributed by atoms with van der Waals surface area (Å²) in [5.41, 5.74) is 3.81. The molecule has 132 valence electrons. The van der Waals surface area contributed by atoms with Crippen LogP contribution < -0.4 is 4.90 Å². The highest BCUT2D eigenvalue weighted by Gasteiger charge is 2.54. The van der Waals surface area contributed by atoms with Gasteiger partial charge in [0.15, 0.2) is 0 Å². The second-order valence-corrected chi connectivity index (χ2v) is 7.58. The average molecular weight is 340 g/mol. The first kappa shape index (κ1) is 16.3. The van der Waals surface area contributed by atoms with Crippen LogP contribution in [-0.2, 0) is 9.53 Å². The third-order valence-electron chi connectivity index (χ3n) is 6.11. The van der Waals surface area contributed by atoms with Crippen molar-refractivity contribution < 1.29 is 14.6 Å². The van der Waals surface area contributed by atoms with Gasteiger partial charge in [-0.25, -0.2) is 4.98 Å². The van der Waals surface area contributed by atoms with E-state index in [0.29, 0.717) is 19.8 Å². The van der Waals surface area contributed by atoms with E-state index in [1.807, 2.05) is 0 Å². The maximum Gasteiger partial charge on any atom is 0.314 e. The zero-order valence-electron chi connectivity index (χ0n) is 15.0. The van der Waals surface area contributed by atoms with Crippen LogP contribution in [0.25, 0.3) is 10.9 Å². The molecule has 5 nitrogen and oxygen atoms in total. The summed E-state index contributed by atoms with van der Waals surface area (Å²) in [6.07, 6.45) is 0.799. The second-order valence-electron chi connectivity index (χ2n) is 7.58. The van der Waals surface area contributed by atoms with Crippen LogP contribution in [0.4, 0.5) is 5.82 Å². The summed E-state index contributed by atoms with van der Waals surface area (Å²) in [5, 5.41) is 11.0. The van der Waals surface area contributed by atoms with E-state index in [0.717, 1.165) is 24.3 Å². The molecule has 0 spiro atoms. The number of aryl methyl sites for hydroxylation is 3. The molecule has 0 aliphatic carbocycles. The fourth-order valence-corrected chi connectivity index (χ4v) is 4.31. The number of rotatable bonds is 2. The Labute approximate surface area is 147 Å². The summed E-state index contributed by atoms with van der Waals surface area (Å²) in [6, 6.07) is 6.35. The standard InChI is InChI=1S/C20H24N2O3/c1-12-4-5-16-13(2)8-17(21-18(16)14(12)3)22-9-15-6-7-25-11-20(15,10-22)19(23)24/h4-5,8,15H,6-7,9-11H2,1-3H3,(H,23,24)/t15-,20+/m0/s1. The third kappa shape index (κ3) is 2.41. The van der Waals surface area contributed by atoms with E-state index in [9.17, 15) is 9.90 Å². The van der Waals surface area contributed by atoms with E-state index in [1.165, 1.54) is 22.1 Å². The summed E-state index contributed by atoms with van der Waals surface area (Å²) < 4.78 is 5.53. The lowest BCUT2D eigenvalue weighted by Crippen LogP contribution is -2.46. The maximum absolute atomic E-state index is 12.0. The van der Waals surface area contributed by atoms with E-state index >= 15 is 0 Å². The van der Waals surface area contributed by atoms with Crippen molar-refractivity contribution in [2.75, 3.05) is 31.2 Å². The summed E-state index contributed by atoms with van der Waals surface area (Å²) >= 11 is 0. The normalized spacial score (nSPS) is 26.0. The zero-order chi connectivity index (χ0) is 17.8. The zero-order valence-corrected chi connectivity index (χ0v) is 15.0. The molecule has 2 aromatic rings. The summed E-state index contributed by atoms with van der Waals surface area (Å²) in [4.78, 5) is 19.0. The van der Waals surface area contributed by atoms with Crippen molar-refractivity contribution in [3.63, 3.8) is 0 Å². The molecular weight excluding hydrogens is 316 g/mol. The molecule has 0 amide bonds. The summed E-state index contributed by atoms with van der Waals surface area (Å²) in [5.74, 6) is 0.258. The van der Waals surface area contributed by atoms with Crippen molar-refractivity contribution in [1.82, 2.24) is 4.98 Å². The molecule has 5 heteroatoms. The number of hydrogen-bond acceptors (Lipinski definition) is 4. The van der Waals surface area contributed by atoms with E-state index < -0.39 is 11.4 Å². The van der Waals surface area contributed by atoms with Crippen molar-refractivity contribution in [2.24, 2.45) is 11.3 Å². The van der Waals surface area contributed by atoms with Gasteiger partial charge >= 0.3 is 5.97 Å². The molecule has 2 aliphatic heterocycles. The molecule has 2 saturated heterocycles. The molecule has 1 aromatic carbocycles. The van der Waals surface area contributed by atoms with Gasteiger partial charge in [0.1, 0.15) is 11.2 Å². The molecule has 2 atom stereocenters. The first-order chi connectivity index (χ1) is 11.9. The smallest absolute Gasteiger partial charge is 0.314 e. The highest BCUT2D eigenvalue weighted by Crippen LogP contribution is 2.43. The van der Waals surface area contributed by atoms with Crippen LogP contribution in [0, 0.1) is 32.1 Å². The van der Waals surface area contributed by atoms with Gasteiger partial charge in [0.2, 0.25) is 0 Å².